The lowest BCUT2D eigenvalue weighted by molar-refractivity contribution is 1.07. The molecule has 0 aromatic heterocycles. The normalized spacial score (nSPS) is 9.00. The fourth-order valence-corrected chi connectivity index (χ4v) is 1.12. The van der Waals surface area contributed by atoms with E-state index >= 15 is 0 Å². The van der Waals surface area contributed by atoms with E-state index in [-0.39, 0.29) is 12.4 Å². The summed E-state index contributed by atoms with van der Waals surface area (Å²) in [7, 11) is 0. The van der Waals surface area contributed by atoms with Crippen LogP contribution in [-0.2, 0) is 6.54 Å². The summed E-state index contributed by atoms with van der Waals surface area (Å²) in [5.41, 5.74) is 6.44. The highest BCUT2D eigenvalue weighted by Crippen LogP contribution is 2.22. The first-order chi connectivity index (χ1) is 4.74. The molecule has 62 valence electrons. The maximum absolute atomic E-state index is 5.79. The van der Waals surface area contributed by atoms with Crippen LogP contribution >= 0.6 is 39.9 Å². The smallest absolute Gasteiger partial charge is 0.0551 e. The van der Waals surface area contributed by atoms with Crippen molar-refractivity contribution in [1.82, 2.24) is 0 Å². The van der Waals surface area contributed by atoms with Gasteiger partial charge in [-0.25, -0.2) is 0 Å². The molecular weight excluding hydrogens is 249 g/mol. The molecule has 1 rings (SSSR count). The molecule has 0 saturated carbocycles. The van der Waals surface area contributed by atoms with Crippen LogP contribution in [0.15, 0.2) is 22.7 Å². The molecule has 0 heterocycles. The lowest BCUT2D eigenvalue weighted by Gasteiger charge is -1.98. The summed E-state index contributed by atoms with van der Waals surface area (Å²) >= 11 is 9.08. The molecule has 1 aromatic rings. The van der Waals surface area contributed by atoms with E-state index in [2.05, 4.69) is 15.9 Å². The summed E-state index contributed by atoms with van der Waals surface area (Å²) in [6, 6.07) is 5.69. The summed E-state index contributed by atoms with van der Waals surface area (Å²) < 4.78 is 0.909. The fraction of sp³-hybridized carbons (Fsp3) is 0.143. The van der Waals surface area contributed by atoms with Crippen LogP contribution in [0.1, 0.15) is 5.56 Å². The van der Waals surface area contributed by atoms with Gasteiger partial charge in [0.25, 0.3) is 0 Å². The highest BCUT2D eigenvalue weighted by Gasteiger charge is 1.95. The molecule has 11 heavy (non-hydrogen) atoms. The van der Waals surface area contributed by atoms with Gasteiger partial charge in [-0.15, -0.1) is 12.4 Å². The second-order valence-electron chi connectivity index (χ2n) is 1.95. The molecule has 1 aromatic carbocycles. The molecule has 0 atom stereocenters. The Morgan fingerprint density at radius 1 is 1.45 bits per heavy atom. The Kier molecular flexibility index (Phi) is 5.10. The third kappa shape index (κ3) is 2.99. The lowest BCUT2D eigenvalue weighted by Crippen LogP contribution is -1.95. The van der Waals surface area contributed by atoms with E-state index < -0.39 is 0 Å². The minimum Gasteiger partial charge on any atom is -0.326 e. The fourth-order valence-electron chi connectivity index (χ4n) is 0.667. The first-order valence-electron chi connectivity index (χ1n) is 2.88. The van der Waals surface area contributed by atoms with Gasteiger partial charge in [0.15, 0.2) is 0 Å². The van der Waals surface area contributed by atoms with Gasteiger partial charge in [-0.05, 0) is 33.6 Å². The largest absolute Gasteiger partial charge is 0.326 e. The SMILES string of the molecule is Cl.NCc1ccc(Br)c(Cl)c1. The van der Waals surface area contributed by atoms with Gasteiger partial charge < -0.3 is 5.73 Å². The number of halogens is 3. The van der Waals surface area contributed by atoms with Gasteiger partial charge in [0.2, 0.25) is 0 Å². The van der Waals surface area contributed by atoms with Crippen LogP contribution in [0.2, 0.25) is 5.02 Å². The van der Waals surface area contributed by atoms with Crippen molar-refractivity contribution in [2.75, 3.05) is 0 Å². The predicted octanol–water partition coefficient (Wildman–Crippen LogP) is 2.98. The van der Waals surface area contributed by atoms with Crippen LogP contribution in [0, 0.1) is 0 Å². The topological polar surface area (TPSA) is 26.0 Å². The Bertz CT molecular complexity index is 240. The van der Waals surface area contributed by atoms with E-state index in [0.717, 1.165) is 10.0 Å². The van der Waals surface area contributed by atoms with Gasteiger partial charge in [0, 0.05) is 11.0 Å². The minimum absolute atomic E-state index is 0. The Labute approximate surface area is 85.5 Å². The molecule has 0 aliphatic carbocycles. The molecule has 2 N–H and O–H groups in total. The first kappa shape index (κ1) is 11.2. The van der Waals surface area contributed by atoms with Crippen LogP contribution in [0.4, 0.5) is 0 Å². The zero-order valence-electron chi connectivity index (χ0n) is 5.68. The van der Waals surface area contributed by atoms with Gasteiger partial charge in [-0.2, -0.15) is 0 Å². The second-order valence-corrected chi connectivity index (χ2v) is 3.21. The zero-order chi connectivity index (χ0) is 7.56. The van der Waals surface area contributed by atoms with E-state index in [1.807, 2.05) is 18.2 Å². The number of nitrogens with two attached hydrogens (primary N) is 1. The monoisotopic (exact) mass is 255 g/mol. The molecular formula is C7H8BrCl2N. The Balaban J connectivity index is 0.000001000. The molecule has 0 unspecified atom stereocenters. The van der Waals surface area contributed by atoms with E-state index in [1.54, 1.807) is 0 Å². The molecule has 0 bridgehead atoms. The average molecular weight is 257 g/mol. The van der Waals surface area contributed by atoms with Gasteiger partial charge >= 0.3 is 0 Å². The van der Waals surface area contributed by atoms with Crippen molar-refractivity contribution >= 4 is 39.9 Å². The molecule has 1 nitrogen and oxygen atoms in total. The second kappa shape index (κ2) is 4.99. The summed E-state index contributed by atoms with van der Waals surface area (Å²) in [6.07, 6.45) is 0. The van der Waals surface area contributed by atoms with Crippen LogP contribution in [0.3, 0.4) is 0 Å². The van der Waals surface area contributed by atoms with Crippen molar-refractivity contribution in [3.8, 4) is 0 Å². The maximum Gasteiger partial charge on any atom is 0.0551 e. The highest BCUT2D eigenvalue weighted by atomic mass is 79.9. The van der Waals surface area contributed by atoms with Crippen molar-refractivity contribution in [1.29, 1.82) is 0 Å². The summed E-state index contributed by atoms with van der Waals surface area (Å²) in [6.45, 7) is 0.535. The van der Waals surface area contributed by atoms with Gasteiger partial charge in [0.05, 0.1) is 5.02 Å². The Morgan fingerprint density at radius 2 is 2.09 bits per heavy atom. The van der Waals surface area contributed by atoms with E-state index in [0.29, 0.717) is 11.6 Å². The quantitative estimate of drug-likeness (QED) is 0.822. The van der Waals surface area contributed by atoms with Gasteiger partial charge in [-0.1, -0.05) is 17.7 Å². The van der Waals surface area contributed by atoms with E-state index in [4.69, 9.17) is 17.3 Å². The van der Waals surface area contributed by atoms with Crippen molar-refractivity contribution in [2.45, 2.75) is 6.54 Å². The third-order valence-electron chi connectivity index (χ3n) is 1.22. The lowest BCUT2D eigenvalue weighted by atomic mass is 10.2. The number of rotatable bonds is 1. The van der Waals surface area contributed by atoms with E-state index in [9.17, 15) is 0 Å². The summed E-state index contributed by atoms with van der Waals surface area (Å²) in [5, 5.41) is 0.711. The number of hydrogen-bond donors (Lipinski definition) is 1. The molecule has 4 heteroatoms. The highest BCUT2D eigenvalue weighted by molar-refractivity contribution is 9.10. The average Bonchev–Trinajstić information content (AvgIpc) is 1.95. The van der Waals surface area contributed by atoms with Crippen molar-refractivity contribution < 1.29 is 0 Å². The van der Waals surface area contributed by atoms with Crippen LogP contribution < -0.4 is 5.73 Å². The van der Waals surface area contributed by atoms with Crippen LogP contribution in [0.25, 0.3) is 0 Å². The van der Waals surface area contributed by atoms with E-state index in [1.165, 1.54) is 0 Å². The molecule has 0 saturated heterocycles. The zero-order valence-corrected chi connectivity index (χ0v) is 8.84. The summed E-state index contributed by atoms with van der Waals surface area (Å²) in [4.78, 5) is 0. The van der Waals surface area contributed by atoms with Gasteiger partial charge in [0.1, 0.15) is 0 Å². The number of benzene rings is 1. The predicted molar refractivity (Wildman–Crippen MR) is 54.3 cm³/mol. The van der Waals surface area contributed by atoms with Crippen molar-refractivity contribution in [3.63, 3.8) is 0 Å². The molecule has 0 aliphatic heterocycles. The molecule has 0 aliphatic rings. The van der Waals surface area contributed by atoms with Crippen molar-refractivity contribution in [2.24, 2.45) is 5.73 Å². The molecule has 0 amide bonds. The van der Waals surface area contributed by atoms with Gasteiger partial charge in [-0.3, -0.25) is 0 Å². The van der Waals surface area contributed by atoms with Crippen LogP contribution in [0.5, 0.6) is 0 Å². The molecule has 0 spiro atoms. The summed E-state index contributed by atoms with van der Waals surface area (Å²) in [5.74, 6) is 0. The minimum atomic E-state index is 0. The standard InChI is InChI=1S/C7H7BrClN.ClH/c8-6-2-1-5(4-10)3-7(6)9;/h1-3H,4,10H2;1H. The van der Waals surface area contributed by atoms with Crippen LogP contribution in [-0.4, -0.2) is 0 Å². The third-order valence-corrected chi connectivity index (χ3v) is 2.45. The Hall–Kier alpha value is 0.240. The first-order valence-corrected chi connectivity index (χ1v) is 4.05. The molecule has 0 fully saturated rings. The Morgan fingerprint density at radius 3 is 2.55 bits per heavy atom. The van der Waals surface area contributed by atoms with Crippen molar-refractivity contribution in [3.05, 3.63) is 33.3 Å². The maximum atomic E-state index is 5.79. The number of hydrogen-bond acceptors (Lipinski definition) is 1. The molecule has 0 radical (unpaired) electrons.